The molecule has 4 nitrogen and oxygen atoms in total. The van der Waals surface area contributed by atoms with E-state index in [2.05, 4.69) is 26.1 Å². The summed E-state index contributed by atoms with van der Waals surface area (Å²) in [4.78, 5) is 12.4. The molecule has 1 amide bonds. The molecular formula is C21H28N2O2. The maximum atomic E-state index is 12.4. The lowest BCUT2D eigenvalue weighted by Crippen LogP contribution is -2.49. The van der Waals surface area contributed by atoms with E-state index in [1.807, 2.05) is 54.6 Å². The van der Waals surface area contributed by atoms with E-state index < -0.39 is 11.6 Å². The lowest BCUT2D eigenvalue weighted by atomic mass is 9.86. The van der Waals surface area contributed by atoms with Crippen LogP contribution in [-0.2, 0) is 15.7 Å². The van der Waals surface area contributed by atoms with Gasteiger partial charge in [-0.2, -0.15) is 0 Å². The zero-order valence-corrected chi connectivity index (χ0v) is 15.4. The molecule has 2 atom stereocenters. The van der Waals surface area contributed by atoms with Crippen LogP contribution in [0.25, 0.3) is 0 Å². The van der Waals surface area contributed by atoms with Crippen molar-refractivity contribution in [2.75, 3.05) is 6.54 Å². The first kappa shape index (κ1) is 19.2. The van der Waals surface area contributed by atoms with E-state index in [1.54, 1.807) is 6.92 Å². The van der Waals surface area contributed by atoms with Gasteiger partial charge in [-0.1, -0.05) is 75.4 Å². The van der Waals surface area contributed by atoms with Gasteiger partial charge in [-0.15, -0.1) is 0 Å². The van der Waals surface area contributed by atoms with E-state index in [-0.39, 0.29) is 17.9 Å². The highest BCUT2D eigenvalue weighted by Crippen LogP contribution is 2.24. The van der Waals surface area contributed by atoms with Crippen LogP contribution in [-0.4, -0.2) is 17.6 Å². The van der Waals surface area contributed by atoms with Gasteiger partial charge in [0.15, 0.2) is 0 Å². The number of aliphatic hydroxyl groups excluding tert-OH is 1. The second kappa shape index (κ2) is 7.38. The van der Waals surface area contributed by atoms with E-state index >= 15 is 0 Å². The van der Waals surface area contributed by atoms with E-state index in [4.69, 9.17) is 5.73 Å². The zero-order chi connectivity index (χ0) is 18.7. The molecule has 0 aliphatic heterocycles. The molecule has 0 radical (unpaired) electrons. The molecule has 0 fully saturated rings. The van der Waals surface area contributed by atoms with Gasteiger partial charge in [-0.05, 0) is 29.0 Å². The van der Waals surface area contributed by atoms with Gasteiger partial charge in [-0.25, -0.2) is 0 Å². The molecule has 134 valence electrons. The fourth-order valence-corrected chi connectivity index (χ4v) is 2.61. The fourth-order valence-electron chi connectivity index (χ4n) is 2.61. The molecule has 4 N–H and O–H groups in total. The highest BCUT2D eigenvalue weighted by molar-refractivity contribution is 5.87. The van der Waals surface area contributed by atoms with Crippen molar-refractivity contribution in [1.82, 2.24) is 5.32 Å². The van der Waals surface area contributed by atoms with Crippen LogP contribution in [0.5, 0.6) is 0 Å². The largest absolute Gasteiger partial charge is 0.387 e. The Hall–Kier alpha value is -2.17. The van der Waals surface area contributed by atoms with Crippen molar-refractivity contribution in [2.45, 2.75) is 44.8 Å². The third-order valence-electron chi connectivity index (χ3n) is 4.46. The summed E-state index contributed by atoms with van der Waals surface area (Å²) in [7, 11) is 0. The number of nitrogens with two attached hydrogens (primary N) is 1. The van der Waals surface area contributed by atoms with Crippen molar-refractivity contribution < 1.29 is 9.90 Å². The second-order valence-electron chi connectivity index (χ2n) is 7.67. The molecule has 25 heavy (non-hydrogen) atoms. The maximum absolute atomic E-state index is 12.4. The molecule has 0 heterocycles. The SMILES string of the molecule is CC(C)(C)c1ccc(C(O)CNC(=O)C(C)(N)c2ccccc2)cc1. The van der Waals surface area contributed by atoms with E-state index in [1.165, 1.54) is 5.56 Å². The highest BCUT2D eigenvalue weighted by Gasteiger charge is 2.30. The summed E-state index contributed by atoms with van der Waals surface area (Å²) in [6.45, 7) is 8.22. The third-order valence-corrected chi connectivity index (χ3v) is 4.46. The molecule has 4 heteroatoms. The Kier molecular flexibility index (Phi) is 5.65. The lowest BCUT2D eigenvalue weighted by Gasteiger charge is -2.25. The number of aliphatic hydroxyl groups is 1. The van der Waals surface area contributed by atoms with Gasteiger partial charge in [0.05, 0.1) is 6.10 Å². The van der Waals surface area contributed by atoms with Gasteiger partial charge in [0.25, 0.3) is 0 Å². The highest BCUT2D eigenvalue weighted by atomic mass is 16.3. The average molecular weight is 340 g/mol. The Labute approximate surface area is 150 Å². The van der Waals surface area contributed by atoms with E-state index in [9.17, 15) is 9.90 Å². The number of carbonyl (C=O) groups excluding carboxylic acids is 1. The summed E-state index contributed by atoms with van der Waals surface area (Å²) in [5.41, 5.74) is 7.81. The third kappa shape index (κ3) is 4.68. The number of nitrogens with one attached hydrogen (secondary N) is 1. The van der Waals surface area contributed by atoms with Crippen molar-refractivity contribution in [3.05, 3.63) is 71.3 Å². The summed E-state index contributed by atoms with van der Waals surface area (Å²) < 4.78 is 0. The monoisotopic (exact) mass is 340 g/mol. The average Bonchev–Trinajstić information content (AvgIpc) is 2.59. The summed E-state index contributed by atoms with van der Waals surface area (Å²) in [6.07, 6.45) is -0.774. The second-order valence-corrected chi connectivity index (χ2v) is 7.67. The van der Waals surface area contributed by atoms with Crippen molar-refractivity contribution >= 4 is 5.91 Å². The van der Waals surface area contributed by atoms with E-state index in [0.29, 0.717) is 0 Å². The number of amides is 1. The molecule has 0 aromatic heterocycles. The van der Waals surface area contributed by atoms with Gasteiger partial charge in [-0.3, -0.25) is 4.79 Å². The normalized spacial score (nSPS) is 15.3. The lowest BCUT2D eigenvalue weighted by molar-refractivity contribution is -0.126. The zero-order valence-electron chi connectivity index (χ0n) is 15.4. The van der Waals surface area contributed by atoms with Crippen LogP contribution < -0.4 is 11.1 Å². The minimum atomic E-state index is -1.14. The maximum Gasteiger partial charge on any atom is 0.244 e. The van der Waals surface area contributed by atoms with Gasteiger partial charge in [0.2, 0.25) is 5.91 Å². The molecule has 0 bridgehead atoms. The predicted octanol–water partition coefficient (Wildman–Crippen LogP) is 3.01. The van der Waals surface area contributed by atoms with Crippen LogP contribution in [0, 0.1) is 0 Å². The van der Waals surface area contributed by atoms with Gasteiger partial charge in [0, 0.05) is 6.54 Å². The number of hydrogen-bond acceptors (Lipinski definition) is 3. The first-order chi connectivity index (χ1) is 11.6. The number of hydrogen-bond donors (Lipinski definition) is 3. The standard InChI is InChI=1S/C21H28N2O2/c1-20(2,3)16-12-10-15(11-13-16)18(24)14-23-19(25)21(4,22)17-8-6-5-7-9-17/h5-13,18,24H,14,22H2,1-4H3,(H,23,25). The van der Waals surface area contributed by atoms with Crippen molar-refractivity contribution in [3.8, 4) is 0 Å². The molecule has 0 saturated heterocycles. The van der Waals surface area contributed by atoms with Crippen LogP contribution >= 0.6 is 0 Å². The van der Waals surface area contributed by atoms with Gasteiger partial charge in [0.1, 0.15) is 5.54 Å². The first-order valence-electron chi connectivity index (χ1n) is 8.53. The molecule has 2 unspecified atom stereocenters. The first-order valence-corrected chi connectivity index (χ1v) is 8.53. The van der Waals surface area contributed by atoms with Crippen LogP contribution in [0.3, 0.4) is 0 Å². The molecule has 2 rings (SSSR count). The number of benzene rings is 2. The predicted molar refractivity (Wildman–Crippen MR) is 101 cm³/mol. The summed E-state index contributed by atoms with van der Waals surface area (Å²) in [5, 5.41) is 13.1. The Morgan fingerprint density at radius 1 is 1.00 bits per heavy atom. The van der Waals surface area contributed by atoms with Crippen LogP contribution in [0.1, 0.15) is 50.5 Å². The minimum absolute atomic E-state index is 0.0642. The van der Waals surface area contributed by atoms with Crippen molar-refractivity contribution in [3.63, 3.8) is 0 Å². The molecular weight excluding hydrogens is 312 g/mol. The van der Waals surface area contributed by atoms with E-state index in [0.717, 1.165) is 11.1 Å². The molecule has 2 aromatic rings. The van der Waals surface area contributed by atoms with Crippen molar-refractivity contribution in [2.24, 2.45) is 5.73 Å². The van der Waals surface area contributed by atoms with Crippen LogP contribution in [0.4, 0.5) is 0 Å². The molecule has 0 spiro atoms. The topological polar surface area (TPSA) is 75.3 Å². The Morgan fingerprint density at radius 2 is 1.56 bits per heavy atom. The Morgan fingerprint density at radius 3 is 2.08 bits per heavy atom. The Bertz CT molecular complexity index is 701. The van der Waals surface area contributed by atoms with Crippen molar-refractivity contribution in [1.29, 1.82) is 0 Å². The van der Waals surface area contributed by atoms with Gasteiger partial charge < -0.3 is 16.2 Å². The number of rotatable bonds is 5. The minimum Gasteiger partial charge on any atom is -0.387 e. The molecule has 2 aromatic carbocycles. The van der Waals surface area contributed by atoms with Crippen LogP contribution in [0.15, 0.2) is 54.6 Å². The summed E-state index contributed by atoms with van der Waals surface area (Å²) >= 11 is 0. The molecule has 0 aliphatic carbocycles. The van der Waals surface area contributed by atoms with Gasteiger partial charge >= 0.3 is 0 Å². The summed E-state index contributed by atoms with van der Waals surface area (Å²) in [6, 6.07) is 17.0. The number of carbonyl (C=O) groups is 1. The van der Waals surface area contributed by atoms with Crippen LogP contribution in [0.2, 0.25) is 0 Å². The smallest absolute Gasteiger partial charge is 0.244 e. The molecule has 0 saturated carbocycles. The quantitative estimate of drug-likeness (QED) is 0.783. The Balaban J connectivity index is 1.99. The summed E-state index contributed by atoms with van der Waals surface area (Å²) in [5.74, 6) is -0.316. The fraction of sp³-hybridized carbons (Fsp3) is 0.381. The molecule has 0 aliphatic rings.